The van der Waals surface area contributed by atoms with Gasteiger partial charge in [0.2, 0.25) is 0 Å². The van der Waals surface area contributed by atoms with Gasteiger partial charge in [-0.3, -0.25) is 0 Å². The Bertz CT molecular complexity index is 1720. The number of nitrogens with zero attached hydrogens (tertiary/aromatic N) is 4. The van der Waals surface area contributed by atoms with Crippen molar-refractivity contribution in [1.82, 2.24) is 15.3 Å². The van der Waals surface area contributed by atoms with Gasteiger partial charge in [-0.1, -0.05) is 23.7 Å². The maximum Gasteiger partial charge on any atom is 0.319 e. The van der Waals surface area contributed by atoms with Crippen LogP contribution in [0.5, 0.6) is 11.8 Å². The second-order valence-electron chi connectivity index (χ2n) is 10.0. The maximum absolute atomic E-state index is 16.8. The van der Waals surface area contributed by atoms with E-state index in [1.165, 1.54) is 12.1 Å². The molecule has 0 unspecified atom stereocenters. The van der Waals surface area contributed by atoms with Crippen LogP contribution in [0.25, 0.3) is 32.1 Å². The number of nitrogens with two attached hydrogens (primary N) is 1. The molecule has 2 aliphatic heterocycles. The first-order chi connectivity index (χ1) is 19.9. The predicted molar refractivity (Wildman–Crippen MR) is 158 cm³/mol. The van der Waals surface area contributed by atoms with Gasteiger partial charge in [0, 0.05) is 23.5 Å². The summed E-state index contributed by atoms with van der Waals surface area (Å²) in [6, 6.07) is 4.84. The number of nitrogens with one attached hydrogen (secondary N) is 1. The maximum atomic E-state index is 16.8. The van der Waals surface area contributed by atoms with Crippen molar-refractivity contribution in [2.75, 3.05) is 43.5 Å². The molecule has 4 aromatic rings. The molecule has 2 aliphatic rings. The second-order valence-corrected chi connectivity index (χ2v) is 11.4. The number of aromatic nitrogens is 2. The number of unbranched alkanes of at least 4 members (excludes halogenated alkanes) is 1. The molecular formula is C29H27ClF2N6O2S. The van der Waals surface area contributed by atoms with Gasteiger partial charge in [-0.25, -0.2) is 8.78 Å². The van der Waals surface area contributed by atoms with E-state index in [9.17, 15) is 9.65 Å². The summed E-state index contributed by atoms with van der Waals surface area (Å²) in [4.78, 5) is 11.2. The lowest BCUT2D eigenvalue weighted by Crippen LogP contribution is -2.30. The molecule has 0 bridgehead atoms. The summed E-state index contributed by atoms with van der Waals surface area (Å²) >= 11 is 7.84. The molecule has 6 rings (SSSR count). The molecule has 0 aliphatic carbocycles. The van der Waals surface area contributed by atoms with Crippen molar-refractivity contribution >= 4 is 54.7 Å². The molecule has 41 heavy (non-hydrogen) atoms. The van der Waals surface area contributed by atoms with Gasteiger partial charge in [0.1, 0.15) is 41.4 Å². The van der Waals surface area contributed by atoms with Gasteiger partial charge < -0.3 is 25.4 Å². The van der Waals surface area contributed by atoms with Crippen molar-refractivity contribution in [3.63, 3.8) is 0 Å². The number of hydrogen-bond donors (Lipinski definition) is 2. The number of nitriles is 1. The topological polar surface area (TPSA) is 109 Å². The Labute approximate surface area is 244 Å². The molecule has 3 N–H and O–H groups in total. The summed E-state index contributed by atoms with van der Waals surface area (Å²) in [5.41, 5.74) is 6.24. The average Bonchev–Trinajstić information content (AvgIpc) is 3.57. The molecule has 0 spiro atoms. The lowest BCUT2D eigenvalue weighted by Gasteiger charge is -2.23. The van der Waals surface area contributed by atoms with E-state index in [-0.39, 0.29) is 66.7 Å². The third-order valence-corrected chi connectivity index (χ3v) is 8.85. The van der Waals surface area contributed by atoms with E-state index in [2.05, 4.69) is 16.9 Å². The summed E-state index contributed by atoms with van der Waals surface area (Å²) in [6.07, 6.45) is 5.47. The molecule has 2 aromatic carbocycles. The summed E-state index contributed by atoms with van der Waals surface area (Å²) in [7, 11) is 0. The number of benzene rings is 2. The van der Waals surface area contributed by atoms with Crippen LogP contribution in [0.3, 0.4) is 0 Å². The van der Waals surface area contributed by atoms with Crippen molar-refractivity contribution in [3.05, 3.63) is 47.0 Å². The fraction of sp³-hybridized carbons (Fsp3) is 0.345. The van der Waals surface area contributed by atoms with Gasteiger partial charge in [0.05, 0.1) is 27.2 Å². The van der Waals surface area contributed by atoms with Gasteiger partial charge in [-0.2, -0.15) is 15.2 Å². The summed E-state index contributed by atoms with van der Waals surface area (Å²) < 4.78 is 43.8. The van der Waals surface area contributed by atoms with Crippen LogP contribution in [-0.4, -0.2) is 48.9 Å². The van der Waals surface area contributed by atoms with Crippen molar-refractivity contribution in [3.8, 4) is 29.0 Å². The Morgan fingerprint density at radius 3 is 2.95 bits per heavy atom. The van der Waals surface area contributed by atoms with Crippen LogP contribution in [0.2, 0.25) is 5.02 Å². The molecule has 4 heterocycles. The van der Waals surface area contributed by atoms with E-state index in [4.69, 9.17) is 31.8 Å². The molecule has 212 valence electrons. The molecule has 1 fully saturated rings. The average molecular weight is 597 g/mol. The Morgan fingerprint density at radius 2 is 2.20 bits per heavy atom. The highest BCUT2D eigenvalue weighted by Crippen LogP contribution is 2.50. The minimum absolute atomic E-state index is 0.0156. The number of anilines is 2. The molecule has 0 saturated carbocycles. The smallest absolute Gasteiger partial charge is 0.319 e. The van der Waals surface area contributed by atoms with Gasteiger partial charge in [0.15, 0.2) is 11.6 Å². The number of halogens is 3. The standard InChI is InChI=1S/C29H27ClF2N6O2S/c1-2-3-4-10-38-11-12-39-25-21-24(36-29(37-28(21)38)40-14-15-6-5-9-35-15)23(32)20(22(25)30)16-7-8-18(31)26-19(16)17(13-33)27(34)41-26/h2,7-8,15,35H,1,3-6,9-12,14,34H2/t15-/m1/s1. The number of ether oxygens (including phenoxy) is 2. The molecule has 8 nitrogen and oxygen atoms in total. The Balaban J connectivity index is 1.59. The normalized spacial score (nSPS) is 16.5. The highest BCUT2D eigenvalue weighted by atomic mass is 35.5. The SMILES string of the molecule is C=CCCCN1CCOc2c(Cl)c(-c3ccc(F)c4sc(N)c(C#N)c34)c(F)c3nc(OC[C@H]4CCCN4)nc1c23. The largest absolute Gasteiger partial charge is 0.489 e. The van der Waals surface area contributed by atoms with E-state index in [0.29, 0.717) is 30.9 Å². The van der Waals surface area contributed by atoms with Crippen molar-refractivity contribution in [2.45, 2.75) is 31.7 Å². The van der Waals surface area contributed by atoms with Gasteiger partial charge in [-0.05, 0) is 43.9 Å². The fourth-order valence-electron chi connectivity index (χ4n) is 5.49. The number of hydrogen-bond acceptors (Lipinski definition) is 9. The van der Waals surface area contributed by atoms with E-state index >= 15 is 4.39 Å². The van der Waals surface area contributed by atoms with E-state index in [0.717, 1.165) is 43.6 Å². The van der Waals surface area contributed by atoms with Gasteiger partial charge >= 0.3 is 6.01 Å². The van der Waals surface area contributed by atoms with Crippen LogP contribution in [-0.2, 0) is 0 Å². The monoisotopic (exact) mass is 596 g/mol. The predicted octanol–water partition coefficient (Wildman–Crippen LogP) is 6.19. The van der Waals surface area contributed by atoms with Crippen LogP contribution >= 0.6 is 22.9 Å². The van der Waals surface area contributed by atoms with Crippen LogP contribution in [0.1, 0.15) is 31.2 Å². The van der Waals surface area contributed by atoms with E-state index < -0.39 is 11.6 Å². The minimum Gasteiger partial charge on any atom is -0.489 e. The molecule has 1 atom stereocenters. The first kappa shape index (κ1) is 27.4. The highest BCUT2D eigenvalue weighted by molar-refractivity contribution is 7.23. The number of rotatable bonds is 8. The lowest BCUT2D eigenvalue weighted by atomic mass is 9.96. The molecule has 1 saturated heterocycles. The zero-order valence-electron chi connectivity index (χ0n) is 22.1. The quantitative estimate of drug-likeness (QED) is 0.183. The third kappa shape index (κ3) is 4.80. The highest BCUT2D eigenvalue weighted by Gasteiger charge is 2.31. The second kappa shape index (κ2) is 11.3. The van der Waals surface area contributed by atoms with Crippen molar-refractivity contribution in [1.29, 1.82) is 5.26 Å². The number of thiophene rings is 1. The molecule has 0 radical (unpaired) electrons. The number of fused-ring (bicyclic) bond motifs is 1. The van der Waals surface area contributed by atoms with Crippen LogP contribution in [0.15, 0.2) is 24.8 Å². The zero-order valence-corrected chi connectivity index (χ0v) is 23.7. The Morgan fingerprint density at radius 1 is 1.34 bits per heavy atom. The van der Waals surface area contributed by atoms with Crippen molar-refractivity contribution < 1.29 is 18.3 Å². The van der Waals surface area contributed by atoms with Crippen molar-refractivity contribution in [2.24, 2.45) is 0 Å². The van der Waals surface area contributed by atoms with E-state index in [1.807, 2.05) is 17.0 Å². The number of nitrogen functional groups attached to an aromatic ring is 1. The summed E-state index contributed by atoms with van der Waals surface area (Å²) in [5.74, 6) is -0.624. The van der Waals surface area contributed by atoms with Gasteiger partial charge in [0.25, 0.3) is 0 Å². The summed E-state index contributed by atoms with van der Waals surface area (Å²) in [5, 5.41) is 13.8. The lowest BCUT2D eigenvalue weighted by molar-refractivity contribution is 0.258. The minimum atomic E-state index is -0.751. The zero-order chi connectivity index (χ0) is 28.7. The molecule has 2 aromatic heterocycles. The Hall–Kier alpha value is -3.72. The first-order valence-corrected chi connectivity index (χ1v) is 14.6. The molecule has 12 heteroatoms. The Kier molecular flexibility index (Phi) is 7.55. The first-order valence-electron chi connectivity index (χ1n) is 13.4. The van der Waals surface area contributed by atoms with E-state index in [1.54, 1.807) is 0 Å². The van der Waals surface area contributed by atoms with Gasteiger partial charge in [-0.15, -0.1) is 17.9 Å². The third-order valence-electron chi connectivity index (χ3n) is 7.46. The summed E-state index contributed by atoms with van der Waals surface area (Å²) in [6.45, 7) is 6.43. The number of allylic oxidation sites excluding steroid dienone is 1. The fourth-order valence-corrected chi connectivity index (χ4v) is 6.77. The molecular weight excluding hydrogens is 570 g/mol. The van der Waals surface area contributed by atoms with Crippen LogP contribution in [0.4, 0.5) is 19.6 Å². The van der Waals surface area contributed by atoms with Crippen LogP contribution in [0, 0.1) is 23.0 Å². The van der Waals surface area contributed by atoms with Crippen LogP contribution < -0.4 is 25.4 Å². The molecule has 0 amide bonds.